The minimum atomic E-state index is 0.108. The lowest BCUT2D eigenvalue weighted by atomic mass is 9.94. The summed E-state index contributed by atoms with van der Waals surface area (Å²) in [4.78, 5) is 21.5. The van der Waals surface area contributed by atoms with Crippen LogP contribution in [0.2, 0.25) is 5.02 Å². The van der Waals surface area contributed by atoms with Crippen LogP contribution >= 0.6 is 39.3 Å². The van der Waals surface area contributed by atoms with Crippen LogP contribution in [0.15, 0.2) is 56.8 Å². The maximum Gasteiger partial charge on any atom is 0.266 e. The van der Waals surface area contributed by atoms with Crippen molar-refractivity contribution >= 4 is 56.4 Å². The molecule has 0 atom stereocenters. The van der Waals surface area contributed by atoms with Gasteiger partial charge in [0, 0.05) is 16.6 Å². The molecule has 0 spiro atoms. The minimum Gasteiger partial charge on any atom is -0.488 e. The van der Waals surface area contributed by atoms with Crippen molar-refractivity contribution in [2.75, 3.05) is 0 Å². The van der Waals surface area contributed by atoms with Crippen LogP contribution in [0.25, 0.3) is 6.08 Å². The lowest BCUT2D eigenvalue weighted by Crippen LogP contribution is -2.41. The molecule has 2 aliphatic carbocycles. The summed E-state index contributed by atoms with van der Waals surface area (Å²) in [6.45, 7) is 0.393. The van der Waals surface area contributed by atoms with E-state index in [-0.39, 0.29) is 11.9 Å². The molecular weight excluding hydrogens is 556 g/mol. The van der Waals surface area contributed by atoms with Crippen molar-refractivity contribution in [3.05, 3.63) is 68.0 Å². The van der Waals surface area contributed by atoms with Crippen LogP contribution in [-0.2, 0) is 11.4 Å². The van der Waals surface area contributed by atoms with Gasteiger partial charge in [-0.1, -0.05) is 74.4 Å². The summed E-state index contributed by atoms with van der Waals surface area (Å²) in [6, 6.07) is 14.3. The van der Waals surface area contributed by atoms with E-state index in [4.69, 9.17) is 21.3 Å². The fourth-order valence-corrected chi connectivity index (χ4v) is 7.06. The van der Waals surface area contributed by atoms with Gasteiger partial charge in [0.25, 0.3) is 5.91 Å². The molecule has 190 valence electrons. The molecule has 0 aromatic heterocycles. The van der Waals surface area contributed by atoms with Crippen molar-refractivity contribution in [2.24, 2.45) is 4.99 Å². The van der Waals surface area contributed by atoms with Gasteiger partial charge in [0.05, 0.1) is 15.4 Å². The van der Waals surface area contributed by atoms with Crippen molar-refractivity contribution < 1.29 is 9.53 Å². The molecule has 0 bridgehead atoms. The zero-order valence-electron chi connectivity index (χ0n) is 20.4. The monoisotopic (exact) mass is 586 g/mol. The molecule has 1 heterocycles. The average molecular weight is 588 g/mol. The molecule has 5 rings (SSSR count). The molecule has 1 saturated heterocycles. The first-order valence-electron chi connectivity index (χ1n) is 13.0. The summed E-state index contributed by atoms with van der Waals surface area (Å²) >= 11 is 11.5. The second kappa shape index (κ2) is 12.2. The first-order chi connectivity index (χ1) is 17.6. The van der Waals surface area contributed by atoms with E-state index in [1.807, 2.05) is 53.4 Å². The second-order valence-corrected chi connectivity index (χ2v) is 12.1. The van der Waals surface area contributed by atoms with Gasteiger partial charge in [-0.05, 0) is 83.2 Å². The van der Waals surface area contributed by atoms with Crippen LogP contribution in [0.3, 0.4) is 0 Å². The highest BCUT2D eigenvalue weighted by Crippen LogP contribution is 2.39. The number of amidine groups is 1. The molecule has 0 unspecified atom stereocenters. The summed E-state index contributed by atoms with van der Waals surface area (Å²) in [5, 5.41) is 1.61. The van der Waals surface area contributed by atoms with Crippen LogP contribution in [0, 0.1) is 0 Å². The first kappa shape index (κ1) is 25.9. The molecule has 2 aromatic rings. The number of benzene rings is 2. The minimum absolute atomic E-state index is 0.108. The Hall–Kier alpha value is -1.76. The van der Waals surface area contributed by atoms with Gasteiger partial charge < -0.3 is 4.74 Å². The Kier molecular flexibility index (Phi) is 8.76. The van der Waals surface area contributed by atoms with Gasteiger partial charge in [-0.2, -0.15) is 0 Å². The smallest absolute Gasteiger partial charge is 0.266 e. The second-order valence-electron chi connectivity index (χ2n) is 9.85. The normalized spacial score (nSPS) is 22.1. The highest BCUT2D eigenvalue weighted by molar-refractivity contribution is 9.10. The van der Waals surface area contributed by atoms with Gasteiger partial charge in [0.2, 0.25) is 0 Å². The fourth-order valence-electron chi connectivity index (χ4n) is 5.25. The highest BCUT2D eigenvalue weighted by atomic mass is 79.9. The van der Waals surface area contributed by atoms with E-state index in [1.165, 1.54) is 38.5 Å². The summed E-state index contributed by atoms with van der Waals surface area (Å²) in [7, 11) is 0. The maximum atomic E-state index is 13.6. The molecule has 1 amide bonds. The number of hydrogen-bond donors (Lipinski definition) is 0. The molecule has 2 aromatic carbocycles. The van der Waals surface area contributed by atoms with Gasteiger partial charge in [0.1, 0.15) is 12.4 Å². The zero-order chi connectivity index (χ0) is 24.9. The number of thioether (sulfide) groups is 1. The molecular formula is C29H32BrClN2O2S. The number of rotatable bonds is 6. The summed E-state index contributed by atoms with van der Waals surface area (Å²) in [5.41, 5.74) is 1.91. The van der Waals surface area contributed by atoms with E-state index in [9.17, 15) is 4.79 Å². The Morgan fingerprint density at radius 1 is 1.03 bits per heavy atom. The Bertz CT molecular complexity index is 1160. The van der Waals surface area contributed by atoms with Crippen LogP contribution < -0.4 is 4.74 Å². The third kappa shape index (κ3) is 6.20. The standard InChI is InChI=1S/C29H32BrClN2O2S/c30-24-17-20(15-16-26(24)35-19-21-9-7-8-14-25(21)31)18-27-28(34)33(23-12-5-2-6-13-23)29(36-27)32-22-10-3-1-4-11-22/h7-9,14-18,22-23H,1-6,10-13,19H2. The molecule has 1 aliphatic heterocycles. The Morgan fingerprint density at radius 3 is 2.47 bits per heavy atom. The van der Waals surface area contributed by atoms with Crippen LogP contribution in [0.5, 0.6) is 5.75 Å². The molecule has 7 heteroatoms. The molecule has 0 radical (unpaired) electrons. The van der Waals surface area contributed by atoms with E-state index < -0.39 is 0 Å². The Balaban J connectivity index is 1.34. The first-order valence-corrected chi connectivity index (χ1v) is 15.0. The summed E-state index contributed by atoms with van der Waals surface area (Å²) < 4.78 is 6.84. The molecule has 2 saturated carbocycles. The van der Waals surface area contributed by atoms with E-state index in [2.05, 4.69) is 15.9 Å². The van der Waals surface area contributed by atoms with E-state index >= 15 is 0 Å². The molecule has 0 N–H and O–H groups in total. The van der Waals surface area contributed by atoms with Gasteiger partial charge in [-0.3, -0.25) is 14.7 Å². The third-order valence-corrected chi connectivity index (χ3v) is 9.22. The van der Waals surface area contributed by atoms with E-state index in [0.29, 0.717) is 17.7 Å². The highest BCUT2D eigenvalue weighted by Gasteiger charge is 2.39. The Labute approximate surface area is 231 Å². The summed E-state index contributed by atoms with van der Waals surface area (Å²) in [5.74, 6) is 0.850. The van der Waals surface area contributed by atoms with Crippen LogP contribution in [0.4, 0.5) is 0 Å². The maximum absolute atomic E-state index is 13.6. The van der Waals surface area contributed by atoms with Crippen molar-refractivity contribution in [1.29, 1.82) is 0 Å². The van der Waals surface area contributed by atoms with Gasteiger partial charge in [0.15, 0.2) is 5.17 Å². The predicted octanol–water partition coefficient (Wildman–Crippen LogP) is 8.62. The number of amides is 1. The van der Waals surface area contributed by atoms with Crippen LogP contribution in [0.1, 0.15) is 75.3 Å². The topological polar surface area (TPSA) is 41.9 Å². The quantitative estimate of drug-likeness (QED) is 0.318. The zero-order valence-corrected chi connectivity index (χ0v) is 23.6. The number of carbonyl (C=O) groups is 1. The number of nitrogens with zero attached hydrogens (tertiary/aromatic N) is 2. The van der Waals surface area contributed by atoms with Crippen molar-refractivity contribution in [3.8, 4) is 5.75 Å². The largest absolute Gasteiger partial charge is 0.488 e. The van der Waals surface area contributed by atoms with Crippen molar-refractivity contribution in [2.45, 2.75) is 82.9 Å². The predicted molar refractivity (Wildman–Crippen MR) is 154 cm³/mol. The van der Waals surface area contributed by atoms with Gasteiger partial charge >= 0.3 is 0 Å². The van der Waals surface area contributed by atoms with Crippen molar-refractivity contribution in [3.63, 3.8) is 0 Å². The van der Waals surface area contributed by atoms with Gasteiger partial charge in [-0.25, -0.2) is 0 Å². The fraction of sp³-hybridized carbons (Fsp3) is 0.448. The number of ether oxygens (including phenoxy) is 1. The average Bonchev–Trinajstić information content (AvgIpc) is 3.19. The third-order valence-electron chi connectivity index (χ3n) is 7.24. The van der Waals surface area contributed by atoms with Crippen molar-refractivity contribution in [1.82, 2.24) is 4.90 Å². The molecule has 3 aliphatic rings. The lowest BCUT2D eigenvalue weighted by Gasteiger charge is -2.31. The Morgan fingerprint density at radius 2 is 1.75 bits per heavy atom. The number of halogens is 2. The van der Waals surface area contributed by atoms with E-state index in [0.717, 1.165) is 57.1 Å². The molecule has 3 fully saturated rings. The summed E-state index contributed by atoms with van der Waals surface area (Å²) in [6.07, 6.45) is 13.9. The van der Waals surface area contributed by atoms with E-state index in [1.54, 1.807) is 11.8 Å². The lowest BCUT2D eigenvalue weighted by molar-refractivity contribution is -0.124. The molecule has 4 nitrogen and oxygen atoms in total. The number of carbonyl (C=O) groups excluding carboxylic acids is 1. The number of hydrogen-bond acceptors (Lipinski definition) is 4. The van der Waals surface area contributed by atoms with Crippen LogP contribution in [-0.4, -0.2) is 28.1 Å². The SMILES string of the molecule is O=C1C(=Cc2ccc(OCc3ccccc3Cl)c(Br)c2)SC(=NC2CCCCC2)N1C1CCCCC1. The molecule has 36 heavy (non-hydrogen) atoms. The van der Waals surface area contributed by atoms with Gasteiger partial charge in [-0.15, -0.1) is 0 Å². The number of aliphatic imine (C=N–C) groups is 1.